The number of hydrogen-bond acceptors (Lipinski definition) is 2. The number of nitrogens with zero attached hydrogens (tertiary/aromatic N) is 1. The molecule has 2 N–H and O–H groups in total. The van der Waals surface area contributed by atoms with Crippen molar-refractivity contribution in [3.8, 4) is 0 Å². The number of rotatable bonds is 7. The van der Waals surface area contributed by atoms with Crippen LogP contribution in [0.2, 0.25) is 5.02 Å². The first kappa shape index (κ1) is 22.7. The van der Waals surface area contributed by atoms with E-state index in [1.54, 1.807) is 0 Å². The number of nitrogens with one attached hydrogen (secondary N) is 1. The molecule has 30 heavy (non-hydrogen) atoms. The molecule has 164 valence electrons. The van der Waals surface area contributed by atoms with Crippen LogP contribution in [0, 0.1) is 10.8 Å². The van der Waals surface area contributed by atoms with Gasteiger partial charge in [-0.25, -0.2) is 4.79 Å². The molecule has 2 aliphatic rings. The monoisotopic (exact) mass is 432 g/mol. The van der Waals surface area contributed by atoms with Crippen LogP contribution in [0.15, 0.2) is 30.0 Å². The Morgan fingerprint density at radius 2 is 1.93 bits per heavy atom. The van der Waals surface area contributed by atoms with E-state index >= 15 is 0 Å². The average molecular weight is 433 g/mol. The van der Waals surface area contributed by atoms with Crippen LogP contribution in [-0.2, 0) is 16.8 Å². The van der Waals surface area contributed by atoms with E-state index in [4.69, 9.17) is 16.7 Å². The van der Waals surface area contributed by atoms with Crippen LogP contribution in [0.1, 0.15) is 71.4 Å². The number of carboxylic acids is 1. The summed E-state index contributed by atoms with van der Waals surface area (Å²) in [6.07, 6.45) is 5.84. The SMILES string of the molecule is CC(C)(C)CCc1ccc(C2(C)NC(=O)N(CCC(=O)O)C=C2C2(C)CC2)cc1Cl. The standard InChI is InChI=1S/C24H33ClN2O3/c1-22(2,3)10-8-16-6-7-17(14-18(16)25)24(5)19(23(4)11-12-23)15-27(21(30)26-24)13-9-20(28)29/h6-7,14-15H,8-13H2,1-5H3,(H,26,30)(H,28,29). The van der Waals surface area contributed by atoms with E-state index in [9.17, 15) is 9.59 Å². The van der Waals surface area contributed by atoms with Gasteiger partial charge in [0.2, 0.25) is 0 Å². The quantitative estimate of drug-likeness (QED) is 0.579. The fourth-order valence-electron chi connectivity index (χ4n) is 4.09. The summed E-state index contributed by atoms with van der Waals surface area (Å²) in [5.74, 6) is -0.915. The Kier molecular flexibility index (Phi) is 5.98. The van der Waals surface area contributed by atoms with Gasteiger partial charge in [-0.05, 0) is 66.2 Å². The van der Waals surface area contributed by atoms with E-state index in [1.165, 1.54) is 4.90 Å². The molecule has 1 atom stereocenters. The van der Waals surface area contributed by atoms with Crippen LogP contribution in [-0.4, -0.2) is 28.6 Å². The van der Waals surface area contributed by atoms with Crippen molar-refractivity contribution >= 4 is 23.6 Å². The first-order valence-electron chi connectivity index (χ1n) is 10.7. The molecule has 5 nitrogen and oxygen atoms in total. The minimum atomic E-state index is -0.915. The summed E-state index contributed by atoms with van der Waals surface area (Å²) in [4.78, 5) is 25.3. The van der Waals surface area contributed by atoms with Gasteiger partial charge in [-0.15, -0.1) is 0 Å². The molecule has 0 radical (unpaired) electrons. The topological polar surface area (TPSA) is 69.6 Å². The molecule has 1 aromatic carbocycles. The van der Waals surface area contributed by atoms with Crippen molar-refractivity contribution in [2.75, 3.05) is 6.54 Å². The fourth-order valence-corrected chi connectivity index (χ4v) is 4.37. The number of aliphatic carboxylic acids is 1. The van der Waals surface area contributed by atoms with E-state index in [0.29, 0.717) is 0 Å². The maximum Gasteiger partial charge on any atom is 0.322 e. The zero-order chi connectivity index (χ0) is 22.3. The van der Waals surface area contributed by atoms with E-state index in [2.05, 4.69) is 45.1 Å². The molecule has 0 saturated heterocycles. The zero-order valence-corrected chi connectivity index (χ0v) is 19.4. The third-order valence-corrected chi connectivity index (χ3v) is 6.78. The van der Waals surface area contributed by atoms with Crippen LogP contribution in [0.25, 0.3) is 0 Å². The molecule has 1 unspecified atom stereocenters. The third kappa shape index (κ3) is 4.83. The highest BCUT2D eigenvalue weighted by Gasteiger charge is 2.52. The number of halogens is 1. The second kappa shape index (κ2) is 7.92. The second-order valence-corrected chi connectivity index (χ2v) is 10.8. The molecule has 1 aromatic rings. The molecular formula is C24H33ClN2O3. The smallest absolute Gasteiger partial charge is 0.322 e. The van der Waals surface area contributed by atoms with Gasteiger partial charge in [0.25, 0.3) is 0 Å². The highest BCUT2D eigenvalue weighted by molar-refractivity contribution is 6.31. The highest BCUT2D eigenvalue weighted by Crippen LogP contribution is 2.57. The summed E-state index contributed by atoms with van der Waals surface area (Å²) in [5, 5.41) is 12.9. The molecule has 0 aromatic heterocycles. The van der Waals surface area contributed by atoms with Gasteiger partial charge in [-0.3, -0.25) is 4.79 Å². The molecule has 0 spiro atoms. The number of benzene rings is 1. The van der Waals surface area contributed by atoms with Crippen LogP contribution in [0.3, 0.4) is 0 Å². The summed E-state index contributed by atoms with van der Waals surface area (Å²) < 4.78 is 0. The molecule has 1 aliphatic carbocycles. The number of carboxylic acid groups (broad SMARTS) is 1. The van der Waals surface area contributed by atoms with Gasteiger partial charge in [0.05, 0.1) is 12.0 Å². The Morgan fingerprint density at radius 1 is 1.27 bits per heavy atom. The van der Waals surface area contributed by atoms with Crippen molar-refractivity contribution in [3.63, 3.8) is 0 Å². The van der Waals surface area contributed by atoms with Crippen molar-refractivity contribution in [1.29, 1.82) is 0 Å². The molecular weight excluding hydrogens is 400 g/mol. The number of aryl methyl sites for hydroxylation is 1. The lowest BCUT2D eigenvalue weighted by Crippen LogP contribution is -2.55. The summed E-state index contributed by atoms with van der Waals surface area (Å²) in [7, 11) is 0. The number of carbonyl (C=O) groups excluding carboxylic acids is 1. The van der Waals surface area contributed by atoms with Crippen LogP contribution >= 0.6 is 11.6 Å². The van der Waals surface area contributed by atoms with Gasteiger partial charge >= 0.3 is 12.0 Å². The number of urea groups is 1. The number of hydrogen-bond donors (Lipinski definition) is 2. The minimum Gasteiger partial charge on any atom is -0.481 e. The molecule has 0 bridgehead atoms. The van der Waals surface area contributed by atoms with Crippen molar-refractivity contribution in [2.24, 2.45) is 10.8 Å². The second-order valence-electron chi connectivity index (χ2n) is 10.4. The van der Waals surface area contributed by atoms with Gasteiger partial charge < -0.3 is 15.3 Å². The van der Waals surface area contributed by atoms with E-state index in [0.717, 1.165) is 47.4 Å². The normalized spacial score (nSPS) is 23.1. The maximum absolute atomic E-state index is 12.8. The lowest BCUT2D eigenvalue weighted by molar-refractivity contribution is -0.137. The van der Waals surface area contributed by atoms with Gasteiger partial charge in [-0.2, -0.15) is 0 Å². The van der Waals surface area contributed by atoms with Gasteiger partial charge in [0.1, 0.15) is 0 Å². The minimum absolute atomic E-state index is 0.00130. The van der Waals surface area contributed by atoms with Crippen molar-refractivity contribution in [3.05, 3.63) is 46.1 Å². The maximum atomic E-state index is 12.8. The van der Waals surface area contributed by atoms with Crippen molar-refractivity contribution < 1.29 is 14.7 Å². The Hall–Kier alpha value is -2.01. The lowest BCUT2D eigenvalue weighted by atomic mass is 9.75. The van der Waals surface area contributed by atoms with E-state index in [-0.39, 0.29) is 29.8 Å². The van der Waals surface area contributed by atoms with Gasteiger partial charge in [-0.1, -0.05) is 51.4 Å². The Labute approximate surface area is 184 Å². The first-order valence-corrected chi connectivity index (χ1v) is 11.0. The van der Waals surface area contributed by atoms with Crippen molar-refractivity contribution in [2.45, 2.75) is 72.3 Å². The third-order valence-electron chi connectivity index (χ3n) is 6.43. The van der Waals surface area contributed by atoms with Gasteiger partial charge in [0.15, 0.2) is 0 Å². The molecule has 3 rings (SSSR count). The predicted octanol–water partition coefficient (Wildman–Crippen LogP) is 5.72. The Balaban J connectivity index is 1.93. The number of amides is 2. The Morgan fingerprint density at radius 3 is 2.47 bits per heavy atom. The van der Waals surface area contributed by atoms with Crippen LogP contribution in [0.4, 0.5) is 4.79 Å². The molecule has 1 heterocycles. The largest absolute Gasteiger partial charge is 0.481 e. The summed E-state index contributed by atoms with van der Waals surface area (Å²) >= 11 is 6.66. The predicted molar refractivity (Wildman–Crippen MR) is 119 cm³/mol. The summed E-state index contributed by atoms with van der Waals surface area (Å²) in [6.45, 7) is 11.0. The average Bonchev–Trinajstić information content (AvgIpc) is 3.37. The molecule has 1 fully saturated rings. The first-order chi connectivity index (χ1) is 13.8. The van der Waals surface area contributed by atoms with Crippen LogP contribution in [0.5, 0.6) is 0 Å². The fraction of sp³-hybridized carbons (Fsp3) is 0.583. The number of carbonyl (C=O) groups is 2. The Bertz CT molecular complexity index is 883. The molecule has 1 aliphatic heterocycles. The molecule has 1 saturated carbocycles. The van der Waals surface area contributed by atoms with E-state index < -0.39 is 11.5 Å². The lowest BCUT2D eigenvalue weighted by Gasteiger charge is -2.43. The zero-order valence-electron chi connectivity index (χ0n) is 18.6. The van der Waals surface area contributed by atoms with Crippen molar-refractivity contribution in [1.82, 2.24) is 10.2 Å². The summed E-state index contributed by atoms with van der Waals surface area (Å²) in [6, 6.07) is 5.84. The van der Waals surface area contributed by atoms with E-state index in [1.807, 2.05) is 19.2 Å². The summed E-state index contributed by atoms with van der Waals surface area (Å²) in [5.41, 5.74) is 2.75. The molecule has 6 heteroatoms. The molecule has 2 amide bonds. The highest BCUT2D eigenvalue weighted by atomic mass is 35.5. The van der Waals surface area contributed by atoms with Gasteiger partial charge in [0, 0.05) is 17.8 Å². The van der Waals surface area contributed by atoms with Crippen LogP contribution < -0.4 is 5.32 Å².